The lowest BCUT2D eigenvalue weighted by molar-refractivity contribution is -0.0512. The monoisotopic (exact) mass is 219 g/mol. The van der Waals surface area contributed by atoms with Gasteiger partial charge in [0.2, 0.25) is 0 Å². The molecular weight excluding hydrogens is 194 g/mol. The van der Waals surface area contributed by atoms with Gasteiger partial charge >= 0.3 is 0 Å². The Morgan fingerprint density at radius 2 is 1.44 bits per heavy atom. The van der Waals surface area contributed by atoms with Gasteiger partial charge in [-0.05, 0) is 87.0 Å². The van der Waals surface area contributed by atoms with E-state index in [0.717, 1.165) is 29.1 Å². The molecule has 0 radical (unpaired) electrons. The van der Waals surface area contributed by atoms with Crippen molar-refractivity contribution in [1.29, 1.82) is 0 Å². The fourth-order valence-corrected chi connectivity index (χ4v) is 5.37. The molecule has 4 bridgehead atoms. The largest absolute Gasteiger partial charge is 0.316 e. The van der Waals surface area contributed by atoms with Crippen LogP contribution in [0.4, 0.5) is 0 Å². The maximum Gasteiger partial charge on any atom is 0.000823 e. The van der Waals surface area contributed by atoms with Crippen LogP contribution in [-0.4, -0.2) is 13.1 Å². The Labute approximate surface area is 99.4 Å². The summed E-state index contributed by atoms with van der Waals surface area (Å²) in [5, 5.41) is 3.80. The van der Waals surface area contributed by atoms with Gasteiger partial charge in [-0.25, -0.2) is 0 Å². The van der Waals surface area contributed by atoms with Gasteiger partial charge in [-0.2, -0.15) is 0 Å². The molecule has 0 aromatic carbocycles. The molecule has 0 saturated heterocycles. The maximum atomic E-state index is 3.80. The van der Waals surface area contributed by atoms with Gasteiger partial charge in [0.05, 0.1) is 0 Å². The molecule has 0 heterocycles. The fraction of sp³-hybridized carbons (Fsp3) is 1.00. The molecule has 1 N–H and O–H groups in total. The second kappa shape index (κ2) is 3.48. The van der Waals surface area contributed by atoms with Crippen LogP contribution in [0.2, 0.25) is 0 Å². The normalized spacial score (nSPS) is 49.9. The van der Waals surface area contributed by atoms with Gasteiger partial charge in [0.15, 0.2) is 0 Å². The van der Waals surface area contributed by atoms with Crippen molar-refractivity contribution in [1.82, 2.24) is 5.32 Å². The summed E-state index contributed by atoms with van der Waals surface area (Å²) in [4.78, 5) is 0. The second-order valence-electron chi connectivity index (χ2n) is 7.49. The van der Waals surface area contributed by atoms with Gasteiger partial charge in [0.25, 0.3) is 0 Å². The van der Waals surface area contributed by atoms with Crippen molar-refractivity contribution >= 4 is 0 Å². The number of hydrogen-bond donors (Lipinski definition) is 1. The summed E-state index contributed by atoms with van der Waals surface area (Å²) in [7, 11) is 0. The molecule has 5 aliphatic rings. The van der Waals surface area contributed by atoms with Crippen LogP contribution < -0.4 is 5.32 Å². The van der Waals surface area contributed by atoms with Crippen molar-refractivity contribution in [3.8, 4) is 0 Å². The van der Waals surface area contributed by atoms with Crippen molar-refractivity contribution in [2.45, 2.75) is 51.4 Å². The van der Waals surface area contributed by atoms with E-state index in [1.54, 1.807) is 38.5 Å². The minimum Gasteiger partial charge on any atom is -0.316 e. The molecule has 16 heavy (non-hydrogen) atoms. The zero-order chi connectivity index (χ0) is 10.6. The number of hydrogen-bond acceptors (Lipinski definition) is 1. The van der Waals surface area contributed by atoms with E-state index in [-0.39, 0.29) is 0 Å². The molecule has 0 aromatic rings. The average molecular weight is 219 g/mol. The van der Waals surface area contributed by atoms with Crippen LogP contribution in [0.3, 0.4) is 0 Å². The smallest absolute Gasteiger partial charge is 0.000823 e. The molecule has 90 valence electrons. The lowest BCUT2D eigenvalue weighted by Crippen LogP contribution is -2.50. The average Bonchev–Trinajstić information content (AvgIpc) is 2.98. The van der Waals surface area contributed by atoms with E-state index in [4.69, 9.17) is 0 Å². The predicted molar refractivity (Wildman–Crippen MR) is 66.2 cm³/mol. The summed E-state index contributed by atoms with van der Waals surface area (Å²) < 4.78 is 0. The van der Waals surface area contributed by atoms with E-state index in [9.17, 15) is 0 Å². The molecule has 1 heteroatoms. The van der Waals surface area contributed by atoms with Crippen molar-refractivity contribution in [3.05, 3.63) is 0 Å². The Morgan fingerprint density at radius 1 is 0.875 bits per heavy atom. The number of rotatable bonds is 4. The first-order valence-electron chi connectivity index (χ1n) is 7.52. The fourth-order valence-electron chi connectivity index (χ4n) is 5.37. The zero-order valence-corrected chi connectivity index (χ0v) is 10.4. The highest BCUT2D eigenvalue weighted by Gasteiger charge is 2.50. The van der Waals surface area contributed by atoms with E-state index in [2.05, 4.69) is 5.32 Å². The molecule has 5 aliphatic carbocycles. The highest BCUT2D eigenvalue weighted by atomic mass is 14.9. The third kappa shape index (κ3) is 1.72. The van der Waals surface area contributed by atoms with Crippen LogP contribution >= 0.6 is 0 Å². The Hall–Kier alpha value is -0.0400. The summed E-state index contributed by atoms with van der Waals surface area (Å²) >= 11 is 0. The van der Waals surface area contributed by atoms with Gasteiger partial charge in [-0.15, -0.1) is 0 Å². The lowest BCUT2D eigenvalue weighted by atomic mass is 9.49. The van der Waals surface area contributed by atoms with E-state index in [0.29, 0.717) is 0 Å². The molecule has 0 aliphatic heterocycles. The third-order valence-electron chi connectivity index (χ3n) is 5.79. The highest BCUT2D eigenvalue weighted by Crippen LogP contribution is 2.59. The molecule has 0 unspecified atom stereocenters. The standard InChI is InChI=1S/C15H25N/c1-2-11(1)9-16-10-15-6-12-3-13(7-15)5-14(4-12)8-15/h11-14,16H,1-10H2. The number of nitrogens with one attached hydrogen (secondary N) is 1. The Morgan fingerprint density at radius 3 is 1.94 bits per heavy atom. The summed E-state index contributed by atoms with van der Waals surface area (Å²) in [5.74, 6) is 4.41. The molecule has 5 rings (SSSR count). The first-order valence-corrected chi connectivity index (χ1v) is 7.52. The van der Waals surface area contributed by atoms with Crippen molar-refractivity contribution in [3.63, 3.8) is 0 Å². The van der Waals surface area contributed by atoms with Crippen LogP contribution in [0.1, 0.15) is 51.4 Å². The molecular formula is C15H25N. The molecule has 0 atom stereocenters. The van der Waals surface area contributed by atoms with E-state index in [1.165, 1.54) is 25.9 Å². The van der Waals surface area contributed by atoms with Gasteiger partial charge in [0.1, 0.15) is 0 Å². The topological polar surface area (TPSA) is 12.0 Å². The second-order valence-corrected chi connectivity index (χ2v) is 7.49. The van der Waals surface area contributed by atoms with Crippen LogP contribution in [0.15, 0.2) is 0 Å². The first-order chi connectivity index (χ1) is 7.81. The summed E-state index contributed by atoms with van der Waals surface area (Å²) in [6.45, 7) is 2.68. The third-order valence-corrected chi connectivity index (χ3v) is 5.79. The van der Waals surface area contributed by atoms with Crippen molar-refractivity contribution < 1.29 is 0 Å². The first kappa shape index (κ1) is 9.94. The Balaban J connectivity index is 1.40. The van der Waals surface area contributed by atoms with Crippen LogP contribution in [0.5, 0.6) is 0 Å². The van der Waals surface area contributed by atoms with Crippen molar-refractivity contribution in [2.24, 2.45) is 29.1 Å². The Kier molecular flexibility index (Phi) is 2.16. The minimum absolute atomic E-state index is 0.754. The van der Waals surface area contributed by atoms with Gasteiger partial charge in [0, 0.05) is 6.54 Å². The molecule has 5 saturated carbocycles. The summed E-state index contributed by atoms with van der Waals surface area (Å²) in [5.41, 5.74) is 0.754. The highest BCUT2D eigenvalue weighted by molar-refractivity contribution is 5.02. The lowest BCUT2D eigenvalue weighted by Gasteiger charge is -2.57. The van der Waals surface area contributed by atoms with Gasteiger partial charge in [-0.3, -0.25) is 0 Å². The molecule has 0 amide bonds. The molecule has 1 nitrogen and oxygen atoms in total. The Bertz CT molecular complexity index is 244. The van der Waals surface area contributed by atoms with Crippen LogP contribution in [0, 0.1) is 29.1 Å². The van der Waals surface area contributed by atoms with Gasteiger partial charge < -0.3 is 5.32 Å². The minimum atomic E-state index is 0.754. The molecule has 5 fully saturated rings. The zero-order valence-electron chi connectivity index (χ0n) is 10.4. The maximum absolute atomic E-state index is 3.80. The summed E-state index contributed by atoms with van der Waals surface area (Å²) in [6, 6.07) is 0. The summed E-state index contributed by atoms with van der Waals surface area (Å²) in [6.07, 6.45) is 12.4. The van der Waals surface area contributed by atoms with E-state index >= 15 is 0 Å². The SMILES string of the molecule is C1CC1CNCC12CC3CC(CC(C3)C1)C2. The van der Waals surface area contributed by atoms with Crippen molar-refractivity contribution in [2.75, 3.05) is 13.1 Å². The molecule has 0 spiro atoms. The van der Waals surface area contributed by atoms with E-state index < -0.39 is 0 Å². The predicted octanol–water partition coefficient (Wildman–Crippen LogP) is 3.20. The van der Waals surface area contributed by atoms with Gasteiger partial charge in [-0.1, -0.05) is 0 Å². The van der Waals surface area contributed by atoms with E-state index in [1.807, 2.05) is 0 Å². The van der Waals surface area contributed by atoms with Crippen LogP contribution in [0.25, 0.3) is 0 Å². The quantitative estimate of drug-likeness (QED) is 0.765. The molecule has 0 aromatic heterocycles. The van der Waals surface area contributed by atoms with Crippen LogP contribution in [-0.2, 0) is 0 Å².